The summed E-state index contributed by atoms with van der Waals surface area (Å²) in [5, 5.41) is 12.9. The van der Waals surface area contributed by atoms with Crippen molar-refractivity contribution < 1.29 is 4.79 Å². The topological polar surface area (TPSA) is 90.5 Å². The van der Waals surface area contributed by atoms with Crippen LogP contribution in [0.2, 0.25) is 5.02 Å². The van der Waals surface area contributed by atoms with Gasteiger partial charge in [-0.25, -0.2) is 14.6 Å². The Morgan fingerprint density at radius 1 is 1.15 bits per heavy atom. The van der Waals surface area contributed by atoms with Gasteiger partial charge in [-0.2, -0.15) is 5.10 Å². The summed E-state index contributed by atoms with van der Waals surface area (Å²) in [4.78, 5) is 21.2. The molecule has 0 aliphatic rings. The molecule has 4 rings (SSSR count). The van der Waals surface area contributed by atoms with Crippen LogP contribution in [0.5, 0.6) is 0 Å². The number of halogens is 1. The van der Waals surface area contributed by atoms with Crippen LogP contribution >= 0.6 is 11.6 Å². The monoisotopic (exact) mass is 381 g/mol. The van der Waals surface area contributed by atoms with Crippen LogP contribution in [0.15, 0.2) is 36.5 Å². The number of carbonyl (C=O) groups excluding carboxylic acids is 1. The summed E-state index contributed by atoms with van der Waals surface area (Å²) in [5.41, 5.74) is 2.94. The fourth-order valence-corrected chi connectivity index (χ4v) is 3.00. The molecular formula is C18H16ClN7O. The van der Waals surface area contributed by atoms with Crippen LogP contribution in [-0.2, 0) is 7.05 Å². The Bertz CT molecular complexity index is 1160. The molecule has 0 bridgehead atoms. The highest BCUT2D eigenvalue weighted by Crippen LogP contribution is 2.20. The summed E-state index contributed by atoms with van der Waals surface area (Å²) < 4.78 is 3.30. The molecule has 1 N–H and O–H groups in total. The molecule has 0 aliphatic heterocycles. The highest BCUT2D eigenvalue weighted by molar-refractivity contribution is 6.30. The van der Waals surface area contributed by atoms with Gasteiger partial charge in [0.1, 0.15) is 5.82 Å². The number of aromatic nitrogens is 6. The Morgan fingerprint density at radius 3 is 2.63 bits per heavy atom. The summed E-state index contributed by atoms with van der Waals surface area (Å²) in [6.45, 7) is 3.68. The molecule has 3 heterocycles. The second-order valence-electron chi connectivity index (χ2n) is 6.13. The lowest BCUT2D eigenvalue weighted by molar-refractivity contribution is 0.101. The Balaban J connectivity index is 1.61. The van der Waals surface area contributed by atoms with Crippen LogP contribution in [-0.4, -0.2) is 35.4 Å². The van der Waals surface area contributed by atoms with E-state index < -0.39 is 5.91 Å². The third-order valence-electron chi connectivity index (χ3n) is 4.16. The first-order valence-electron chi connectivity index (χ1n) is 8.22. The van der Waals surface area contributed by atoms with E-state index in [4.69, 9.17) is 11.6 Å². The maximum Gasteiger partial charge on any atom is 0.295 e. The van der Waals surface area contributed by atoms with Crippen molar-refractivity contribution in [2.75, 3.05) is 5.32 Å². The van der Waals surface area contributed by atoms with Crippen LogP contribution in [0.1, 0.15) is 22.1 Å². The molecule has 136 valence electrons. The van der Waals surface area contributed by atoms with Gasteiger partial charge in [-0.05, 0) is 44.2 Å². The number of hydrogen-bond donors (Lipinski definition) is 1. The van der Waals surface area contributed by atoms with Crippen molar-refractivity contribution >= 4 is 34.2 Å². The van der Waals surface area contributed by atoms with Gasteiger partial charge in [0.2, 0.25) is 5.82 Å². The van der Waals surface area contributed by atoms with Gasteiger partial charge in [0, 0.05) is 17.5 Å². The second-order valence-corrected chi connectivity index (χ2v) is 6.57. The first-order chi connectivity index (χ1) is 12.9. The van der Waals surface area contributed by atoms with Crippen molar-refractivity contribution in [3.8, 4) is 5.69 Å². The van der Waals surface area contributed by atoms with E-state index in [1.54, 1.807) is 34.6 Å². The number of hydrogen-bond acceptors (Lipinski definition) is 5. The molecule has 0 saturated carbocycles. The highest BCUT2D eigenvalue weighted by atomic mass is 35.5. The molecule has 0 aliphatic carbocycles. The van der Waals surface area contributed by atoms with Gasteiger partial charge in [-0.3, -0.25) is 9.48 Å². The number of aryl methyl sites for hydroxylation is 3. The zero-order valence-corrected chi connectivity index (χ0v) is 15.7. The predicted octanol–water partition coefficient (Wildman–Crippen LogP) is 3.07. The van der Waals surface area contributed by atoms with E-state index in [0.29, 0.717) is 16.5 Å². The summed E-state index contributed by atoms with van der Waals surface area (Å²) in [5.74, 6) is 0.262. The minimum absolute atomic E-state index is 0.0745. The Morgan fingerprint density at radius 2 is 1.89 bits per heavy atom. The molecule has 9 heteroatoms. The lowest BCUT2D eigenvalue weighted by Crippen LogP contribution is -2.14. The molecule has 1 amide bonds. The average molecular weight is 382 g/mol. The Kier molecular flexibility index (Phi) is 4.12. The number of anilines is 1. The lowest BCUT2D eigenvalue weighted by Gasteiger charge is -2.03. The van der Waals surface area contributed by atoms with Gasteiger partial charge in [-0.1, -0.05) is 11.6 Å². The number of pyridine rings is 1. The van der Waals surface area contributed by atoms with E-state index in [2.05, 4.69) is 25.5 Å². The van der Waals surface area contributed by atoms with Gasteiger partial charge in [0.05, 0.1) is 23.3 Å². The maximum absolute atomic E-state index is 12.6. The lowest BCUT2D eigenvalue weighted by atomic mass is 10.2. The predicted molar refractivity (Wildman–Crippen MR) is 102 cm³/mol. The quantitative estimate of drug-likeness (QED) is 0.589. The maximum atomic E-state index is 12.6. The molecule has 0 fully saturated rings. The minimum atomic E-state index is -0.409. The van der Waals surface area contributed by atoms with E-state index in [9.17, 15) is 4.79 Å². The molecule has 0 radical (unpaired) electrons. The number of fused-ring (bicyclic) bond motifs is 1. The number of amides is 1. The summed E-state index contributed by atoms with van der Waals surface area (Å²) in [7, 11) is 1.83. The van der Waals surface area contributed by atoms with Crippen LogP contribution in [0.25, 0.3) is 16.7 Å². The second kappa shape index (κ2) is 6.48. The zero-order chi connectivity index (χ0) is 19.1. The van der Waals surface area contributed by atoms with E-state index in [1.807, 2.05) is 32.2 Å². The first-order valence-corrected chi connectivity index (χ1v) is 8.60. The molecule has 0 atom stereocenters. The van der Waals surface area contributed by atoms with Gasteiger partial charge in [0.25, 0.3) is 5.91 Å². The molecule has 3 aromatic heterocycles. The van der Waals surface area contributed by atoms with Gasteiger partial charge >= 0.3 is 0 Å². The van der Waals surface area contributed by atoms with Crippen molar-refractivity contribution in [1.29, 1.82) is 0 Å². The summed E-state index contributed by atoms with van der Waals surface area (Å²) in [6.07, 6.45) is 1.59. The average Bonchev–Trinajstić information content (AvgIpc) is 3.16. The number of rotatable bonds is 3. The SMILES string of the molecule is Cc1nn(C)c2ncc(NC(=O)c3nc(C)n(-c4ccc(Cl)cc4)n3)cc12. The van der Waals surface area contributed by atoms with E-state index in [1.165, 1.54) is 0 Å². The largest absolute Gasteiger partial charge is 0.318 e. The summed E-state index contributed by atoms with van der Waals surface area (Å²) >= 11 is 5.92. The molecule has 0 unspecified atom stereocenters. The van der Waals surface area contributed by atoms with E-state index in [-0.39, 0.29) is 5.82 Å². The van der Waals surface area contributed by atoms with Crippen LogP contribution in [0, 0.1) is 13.8 Å². The third kappa shape index (κ3) is 3.15. The molecule has 0 spiro atoms. The molecule has 8 nitrogen and oxygen atoms in total. The number of nitrogens with zero attached hydrogens (tertiary/aromatic N) is 6. The van der Waals surface area contributed by atoms with Gasteiger partial charge in [-0.15, -0.1) is 5.10 Å². The third-order valence-corrected chi connectivity index (χ3v) is 4.42. The Hall–Kier alpha value is -3.26. The Labute approximate surface area is 159 Å². The van der Waals surface area contributed by atoms with Gasteiger partial charge < -0.3 is 5.32 Å². The zero-order valence-electron chi connectivity index (χ0n) is 14.9. The van der Waals surface area contributed by atoms with Crippen LogP contribution in [0.3, 0.4) is 0 Å². The fraction of sp³-hybridized carbons (Fsp3) is 0.167. The standard InChI is InChI=1S/C18H16ClN7O/c1-10-15-8-13(9-20-17(15)25(3)23-10)22-18(27)16-21-11(2)26(24-16)14-6-4-12(19)5-7-14/h4-9H,1-3H3,(H,22,27). The molecule has 4 aromatic rings. The highest BCUT2D eigenvalue weighted by Gasteiger charge is 2.16. The van der Waals surface area contributed by atoms with Gasteiger partial charge in [0.15, 0.2) is 5.65 Å². The molecular weight excluding hydrogens is 366 g/mol. The number of carbonyl (C=O) groups is 1. The van der Waals surface area contributed by atoms with E-state index >= 15 is 0 Å². The number of nitrogens with one attached hydrogen (secondary N) is 1. The van der Waals surface area contributed by atoms with Crippen molar-refractivity contribution in [2.24, 2.45) is 7.05 Å². The van der Waals surface area contributed by atoms with Crippen molar-refractivity contribution in [2.45, 2.75) is 13.8 Å². The van der Waals surface area contributed by atoms with Crippen LogP contribution in [0.4, 0.5) is 5.69 Å². The first kappa shape index (κ1) is 17.2. The molecule has 1 aromatic carbocycles. The van der Waals surface area contributed by atoms with E-state index in [0.717, 1.165) is 22.4 Å². The van der Waals surface area contributed by atoms with Crippen molar-refractivity contribution in [1.82, 2.24) is 29.5 Å². The number of benzene rings is 1. The minimum Gasteiger partial charge on any atom is -0.318 e. The molecule has 27 heavy (non-hydrogen) atoms. The smallest absolute Gasteiger partial charge is 0.295 e. The van der Waals surface area contributed by atoms with Crippen molar-refractivity contribution in [3.63, 3.8) is 0 Å². The van der Waals surface area contributed by atoms with Crippen LogP contribution < -0.4 is 5.32 Å². The summed E-state index contributed by atoms with van der Waals surface area (Å²) in [6, 6.07) is 8.98. The normalized spacial score (nSPS) is 11.1. The van der Waals surface area contributed by atoms with Crippen molar-refractivity contribution in [3.05, 3.63) is 58.9 Å². The molecule has 0 saturated heterocycles. The fourth-order valence-electron chi connectivity index (χ4n) is 2.88.